The molecule has 1 atom stereocenters. The molecule has 0 aliphatic heterocycles. The third kappa shape index (κ3) is 2.79. The first-order valence-electron chi connectivity index (χ1n) is 4.93. The summed E-state index contributed by atoms with van der Waals surface area (Å²) in [5.41, 5.74) is 7.77. The minimum absolute atomic E-state index is 0.190. The monoisotopic (exact) mass is 211 g/mol. The molecule has 0 radical (unpaired) electrons. The molecule has 2 N–H and O–H groups in total. The van der Waals surface area contributed by atoms with Crippen LogP contribution in [0.3, 0.4) is 0 Å². The lowest BCUT2D eigenvalue weighted by Gasteiger charge is -2.09. The number of aryl methyl sites for hydroxylation is 2. The van der Waals surface area contributed by atoms with Gasteiger partial charge in [-0.25, -0.2) is 0 Å². The molecule has 0 saturated carbocycles. The van der Waals surface area contributed by atoms with Gasteiger partial charge < -0.3 is 10.5 Å². The van der Waals surface area contributed by atoms with Crippen LogP contribution in [-0.4, -0.2) is 22.9 Å². The second kappa shape index (κ2) is 4.93. The number of carbonyl (C=O) groups is 1. The molecule has 15 heavy (non-hydrogen) atoms. The van der Waals surface area contributed by atoms with E-state index in [0.717, 1.165) is 17.7 Å². The highest BCUT2D eigenvalue weighted by Crippen LogP contribution is 2.18. The van der Waals surface area contributed by atoms with Gasteiger partial charge in [0.1, 0.15) is 0 Å². The van der Waals surface area contributed by atoms with Gasteiger partial charge in [-0.15, -0.1) is 0 Å². The van der Waals surface area contributed by atoms with E-state index in [0.29, 0.717) is 0 Å². The number of nitrogens with two attached hydrogens (primary N) is 1. The molecular weight excluding hydrogens is 194 g/mol. The van der Waals surface area contributed by atoms with Crippen LogP contribution in [-0.2, 0) is 23.0 Å². The van der Waals surface area contributed by atoms with Crippen molar-refractivity contribution in [2.24, 2.45) is 12.8 Å². The molecule has 5 heteroatoms. The Morgan fingerprint density at radius 2 is 2.40 bits per heavy atom. The molecule has 0 aliphatic rings. The largest absolute Gasteiger partial charge is 0.469 e. The maximum atomic E-state index is 11.1. The zero-order chi connectivity index (χ0) is 11.4. The Bertz CT molecular complexity index is 346. The van der Waals surface area contributed by atoms with Crippen LogP contribution >= 0.6 is 0 Å². The molecule has 0 bridgehead atoms. The van der Waals surface area contributed by atoms with Gasteiger partial charge in [0.25, 0.3) is 0 Å². The highest BCUT2D eigenvalue weighted by Gasteiger charge is 2.17. The Labute approximate surface area is 89.2 Å². The third-order valence-electron chi connectivity index (χ3n) is 2.29. The Morgan fingerprint density at radius 3 is 2.93 bits per heavy atom. The van der Waals surface area contributed by atoms with Crippen LogP contribution < -0.4 is 5.73 Å². The Kier molecular flexibility index (Phi) is 3.85. The molecule has 5 nitrogen and oxygen atoms in total. The van der Waals surface area contributed by atoms with Crippen molar-refractivity contribution in [1.29, 1.82) is 0 Å². The zero-order valence-electron chi connectivity index (χ0n) is 9.36. The molecule has 1 aromatic rings. The highest BCUT2D eigenvalue weighted by molar-refractivity contribution is 5.70. The summed E-state index contributed by atoms with van der Waals surface area (Å²) >= 11 is 0. The SMILES string of the molecule is CCc1nn(C)cc1C(N)CC(=O)OC. The summed E-state index contributed by atoms with van der Waals surface area (Å²) in [5.74, 6) is -0.298. The second-order valence-corrected chi connectivity index (χ2v) is 3.45. The summed E-state index contributed by atoms with van der Waals surface area (Å²) < 4.78 is 6.29. The van der Waals surface area contributed by atoms with E-state index in [2.05, 4.69) is 9.84 Å². The van der Waals surface area contributed by atoms with Gasteiger partial charge in [-0.1, -0.05) is 6.92 Å². The van der Waals surface area contributed by atoms with E-state index < -0.39 is 0 Å². The standard InChI is InChI=1S/C10H17N3O2/c1-4-9-7(6-13(2)12-9)8(11)5-10(14)15-3/h6,8H,4-5,11H2,1-3H3. The van der Waals surface area contributed by atoms with Crippen molar-refractivity contribution in [2.75, 3.05) is 7.11 Å². The van der Waals surface area contributed by atoms with E-state index >= 15 is 0 Å². The molecule has 0 amide bonds. The minimum atomic E-state index is -0.332. The first-order chi connectivity index (χ1) is 7.08. The lowest BCUT2D eigenvalue weighted by molar-refractivity contribution is -0.141. The molecule has 0 spiro atoms. The van der Waals surface area contributed by atoms with E-state index in [1.165, 1.54) is 7.11 Å². The summed E-state index contributed by atoms with van der Waals surface area (Å²) in [7, 11) is 3.20. The number of carbonyl (C=O) groups excluding carboxylic acids is 1. The summed E-state index contributed by atoms with van der Waals surface area (Å²) in [6.45, 7) is 2.01. The summed E-state index contributed by atoms with van der Waals surface area (Å²) in [4.78, 5) is 11.1. The fourth-order valence-corrected chi connectivity index (χ4v) is 1.51. The van der Waals surface area contributed by atoms with Crippen molar-refractivity contribution in [1.82, 2.24) is 9.78 Å². The Balaban J connectivity index is 2.80. The third-order valence-corrected chi connectivity index (χ3v) is 2.29. The van der Waals surface area contributed by atoms with Gasteiger partial charge >= 0.3 is 5.97 Å². The van der Waals surface area contributed by atoms with Crippen LogP contribution in [0.15, 0.2) is 6.20 Å². The van der Waals surface area contributed by atoms with Gasteiger partial charge in [0.2, 0.25) is 0 Å². The van der Waals surface area contributed by atoms with Crippen molar-refractivity contribution < 1.29 is 9.53 Å². The molecule has 0 fully saturated rings. The van der Waals surface area contributed by atoms with Crippen LogP contribution in [0.2, 0.25) is 0 Å². The first kappa shape index (κ1) is 11.7. The average Bonchev–Trinajstić information content (AvgIpc) is 2.59. The lowest BCUT2D eigenvalue weighted by Crippen LogP contribution is -2.17. The van der Waals surface area contributed by atoms with E-state index in [4.69, 9.17) is 5.73 Å². The van der Waals surface area contributed by atoms with Crippen LogP contribution in [0, 0.1) is 0 Å². The van der Waals surface area contributed by atoms with Gasteiger partial charge in [-0.2, -0.15) is 5.10 Å². The summed E-state index contributed by atoms with van der Waals surface area (Å²) in [6, 6.07) is -0.332. The number of aromatic nitrogens is 2. The van der Waals surface area contributed by atoms with Gasteiger partial charge in [0.05, 0.1) is 19.2 Å². The van der Waals surface area contributed by atoms with Crippen molar-refractivity contribution >= 4 is 5.97 Å². The number of methoxy groups -OCH3 is 1. The van der Waals surface area contributed by atoms with Gasteiger partial charge in [0.15, 0.2) is 0 Å². The van der Waals surface area contributed by atoms with Crippen molar-refractivity contribution in [3.8, 4) is 0 Å². The maximum Gasteiger partial charge on any atom is 0.307 e. The Morgan fingerprint density at radius 1 is 1.73 bits per heavy atom. The predicted molar refractivity (Wildman–Crippen MR) is 56.1 cm³/mol. The number of esters is 1. The molecule has 0 aliphatic carbocycles. The predicted octanol–water partition coefficient (Wildman–Crippen LogP) is 0.545. The molecule has 1 rings (SSSR count). The van der Waals surface area contributed by atoms with Crippen LogP contribution in [0.4, 0.5) is 0 Å². The number of hydrogen-bond acceptors (Lipinski definition) is 4. The Hall–Kier alpha value is -1.36. The molecule has 84 valence electrons. The average molecular weight is 211 g/mol. The molecule has 0 aromatic carbocycles. The molecule has 1 heterocycles. The van der Waals surface area contributed by atoms with Crippen molar-refractivity contribution in [3.05, 3.63) is 17.5 Å². The normalized spacial score (nSPS) is 12.5. The summed E-state index contributed by atoms with van der Waals surface area (Å²) in [5, 5.41) is 4.27. The smallest absolute Gasteiger partial charge is 0.307 e. The maximum absolute atomic E-state index is 11.1. The molecular formula is C10H17N3O2. The van der Waals surface area contributed by atoms with Crippen molar-refractivity contribution in [2.45, 2.75) is 25.8 Å². The van der Waals surface area contributed by atoms with E-state index in [-0.39, 0.29) is 18.4 Å². The highest BCUT2D eigenvalue weighted by atomic mass is 16.5. The van der Waals surface area contributed by atoms with Gasteiger partial charge in [0, 0.05) is 24.8 Å². The van der Waals surface area contributed by atoms with E-state index in [1.54, 1.807) is 4.68 Å². The molecule has 0 saturated heterocycles. The number of hydrogen-bond donors (Lipinski definition) is 1. The topological polar surface area (TPSA) is 70.1 Å². The van der Waals surface area contributed by atoms with Gasteiger partial charge in [-0.3, -0.25) is 9.48 Å². The van der Waals surface area contributed by atoms with Crippen molar-refractivity contribution in [3.63, 3.8) is 0 Å². The van der Waals surface area contributed by atoms with Gasteiger partial charge in [-0.05, 0) is 6.42 Å². The second-order valence-electron chi connectivity index (χ2n) is 3.45. The number of ether oxygens (including phenoxy) is 1. The fraction of sp³-hybridized carbons (Fsp3) is 0.600. The van der Waals surface area contributed by atoms with E-state index in [1.807, 2.05) is 20.2 Å². The number of rotatable bonds is 4. The lowest BCUT2D eigenvalue weighted by atomic mass is 10.0. The van der Waals surface area contributed by atoms with Crippen LogP contribution in [0.25, 0.3) is 0 Å². The number of nitrogens with zero attached hydrogens (tertiary/aromatic N) is 2. The van der Waals surface area contributed by atoms with E-state index in [9.17, 15) is 4.79 Å². The zero-order valence-corrected chi connectivity index (χ0v) is 9.36. The minimum Gasteiger partial charge on any atom is -0.469 e. The quantitative estimate of drug-likeness (QED) is 0.738. The van der Waals surface area contributed by atoms with Crippen LogP contribution in [0.1, 0.15) is 30.6 Å². The fourth-order valence-electron chi connectivity index (χ4n) is 1.51. The molecule has 1 unspecified atom stereocenters. The summed E-state index contributed by atoms with van der Waals surface area (Å²) in [6.07, 6.45) is 2.85. The first-order valence-corrected chi connectivity index (χ1v) is 4.93. The van der Waals surface area contributed by atoms with Crippen LogP contribution in [0.5, 0.6) is 0 Å². The molecule has 1 aromatic heterocycles.